The van der Waals surface area contributed by atoms with E-state index in [4.69, 9.17) is 33.4 Å². The van der Waals surface area contributed by atoms with Gasteiger partial charge in [0.15, 0.2) is 0 Å². The molecule has 0 unspecified atom stereocenters. The Morgan fingerprint density at radius 3 is 2.05 bits per heavy atom. The van der Waals surface area contributed by atoms with Crippen molar-refractivity contribution in [3.63, 3.8) is 0 Å². The van der Waals surface area contributed by atoms with Crippen LogP contribution < -0.4 is 28.7 Å². The number of hydrogen-bond acceptors (Lipinski definition) is 9. The second-order valence-corrected chi connectivity index (χ2v) is 10.3. The van der Waals surface area contributed by atoms with Crippen molar-refractivity contribution in [3.05, 3.63) is 102 Å². The van der Waals surface area contributed by atoms with Crippen LogP contribution in [0.25, 0.3) is 0 Å². The van der Waals surface area contributed by atoms with Crippen molar-refractivity contribution in [1.82, 2.24) is 4.98 Å². The van der Waals surface area contributed by atoms with Gasteiger partial charge in [0.2, 0.25) is 0 Å². The van der Waals surface area contributed by atoms with Crippen molar-refractivity contribution in [2.45, 2.75) is 13.1 Å². The Balaban J connectivity index is 1.14. The molecule has 1 aromatic heterocycles. The summed E-state index contributed by atoms with van der Waals surface area (Å²) >= 11 is 0. The molecule has 9 nitrogen and oxygen atoms in total. The van der Waals surface area contributed by atoms with Gasteiger partial charge in [0.1, 0.15) is 42.0 Å². The van der Waals surface area contributed by atoms with Crippen molar-refractivity contribution in [2.75, 3.05) is 76.8 Å². The van der Waals surface area contributed by atoms with E-state index in [1.165, 1.54) is 11.3 Å². The van der Waals surface area contributed by atoms with Crippen LogP contribution in [0.2, 0.25) is 0 Å². The van der Waals surface area contributed by atoms with Crippen LogP contribution in [0.1, 0.15) is 11.1 Å². The van der Waals surface area contributed by atoms with E-state index < -0.39 is 0 Å². The molecule has 1 saturated heterocycles. The third kappa shape index (κ3) is 9.26. The standard InChI is InChI=1S/C35H41N3O6/c1-39-31-6-3-5-29(23-31)27-38(26-28-9-11-30(12-10-28)37-15-17-41-18-16-37)35-14-13-34(25-36-35)44-22-20-42-19-21-43-33-8-4-7-32(24-33)40-2/h3-14,23-25H,15-22,26-27H2,1-2H3. The van der Waals surface area contributed by atoms with Gasteiger partial charge in [-0.05, 0) is 59.7 Å². The highest BCUT2D eigenvalue weighted by Crippen LogP contribution is 2.24. The van der Waals surface area contributed by atoms with Gasteiger partial charge in [0.05, 0.1) is 46.8 Å². The lowest BCUT2D eigenvalue weighted by atomic mass is 10.1. The Labute approximate surface area is 259 Å². The van der Waals surface area contributed by atoms with E-state index in [0.29, 0.717) is 45.3 Å². The Morgan fingerprint density at radius 1 is 0.682 bits per heavy atom. The van der Waals surface area contributed by atoms with Gasteiger partial charge in [-0.1, -0.05) is 30.3 Å². The normalized spacial score (nSPS) is 12.9. The summed E-state index contributed by atoms with van der Waals surface area (Å²) in [5.41, 5.74) is 3.58. The fraction of sp³-hybridized carbons (Fsp3) is 0.343. The maximum Gasteiger partial charge on any atom is 0.137 e. The number of anilines is 2. The van der Waals surface area contributed by atoms with Crippen molar-refractivity contribution in [2.24, 2.45) is 0 Å². The van der Waals surface area contributed by atoms with E-state index in [0.717, 1.165) is 54.9 Å². The summed E-state index contributed by atoms with van der Waals surface area (Å²) in [6, 6.07) is 28.4. The first-order valence-electron chi connectivity index (χ1n) is 14.9. The molecule has 1 aliphatic heterocycles. The van der Waals surface area contributed by atoms with Gasteiger partial charge in [-0.15, -0.1) is 0 Å². The van der Waals surface area contributed by atoms with Crippen molar-refractivity contribution < 1.29 is 28.4 Å². The van der Waals surface area contributed by atoms with Crippen molar-refractivity contribution in [1.29, 1.82) is 0 Å². The number of morpholine rings is 1. The first-order chi connectivity index (χ1) is 21.7. The number of ether oxygens (including phenoxy) is 6. The number of hydrogen-bond donors (Lipinski definition) is 0. The van der Waals surface area contributed by atoms with Crippen molar-refractivity contribution >= 4 is 11.5 Å². The third-order valence-electron chi connectivity index (χ3n) is 7.27. The first-order valence-corrected chi connectivity index (χ1v) is 14.9. The molecule has 9 heteroatoms. The quantitative estimate of drug-likeness (QED) is 0.153. The van der Waals surface area contributed by atoms with E-state index in [-0.39, 0.29) is 0 Å². The fourth-order valence-electron chi connectivity index (χ4n) is 4.94. The molecule has 0 aliphatic carbocycles. The predicted molar refractivity (Wildman–Crippen MR) is 171 cm³/mol. The van der Waals surface area contributed by atoms with E-state index in [2.05, 4.69) is 46.2 Å². The molecule has 0 bridgehead atoms. The lowest BCUT2D eigenvalue weighted by molar-refractivity contribution is 0.0763. The minimum Gasteiger partial charge on any atom is -0.497 e. The summed E-state index contributed by atoms with van der Waals surface area (Å²) in [5, 5.41) is 0. The van der Waals surface area contributed by atoms with Crippen LogP contribution in [0.3, 0.4) is 0 Å². The van der Waals surface area contributed by atoms with E-state index >= 15 is 0 Å². The molecule has 1 fully saturated rings. The maximum absolute atomic E-state index is 5.88. The predicted octanol–water partition coefficient (Wildman–Crippen LogP) is 5.62. The SMILES string of the molecule is COc1cccc(CN(Cc2ccc(N3CCOCC3)cc2)c2ccc(OCCOCCOc3cccc(OC)c3)cn2)c1. The zero-order chi connectivity index (χ0) is 30.4. The molecular formula is C35H41N3O6. The average molecular weight is 600 g/mol. The molecule has 0 N–H and O–H groups in total. The molecule has 1 aliphatic rings. The minimum absolute atomic E-state index is 0.420. The monoisotopic (exact) mass is 599 g/mol. The molecule has 5 rings (SSSR count). The molecule has 232 valence electrons. The van der Waals surface area contributed by atoms with Gasteiger partial charge in [-0.3, -0.25) is 0 Å². The first kappa shape index (κ1) is 31.0. The second-order valence-electron chi connectivity index (χ2n) is 10.3. The minimum atomic E-state index is 0.420. The van der Waals surface area contributed by atoms with E-state index in [1.54, 1.807) is 20.4 Å². The van der Waals surface area contributed by atoms with Gasteiger partial charge in [0, 0.05) is 37.9 Å². The molecule has 0 atom stereocenters. The second kappa shape index (κ2) is 16.4. The van der Waals surface area contributed by atoms with Gasteiger partial charge in [-0.2, -0.15) is 0 Å². The van der Waals surface area contributed by atoms with Gasteiger partial charge >= 0.3 is 0 Å². The zero-order valence-electron chi connectivity index (χ0n) is 25.5. The Hall–Kier alpha value is -4.47. The van der Waals surface area contributed by atoms with Crippen LogP contribution in [0.15, 0.2) is 91.1 Å². The summed E-state index contributed by atoms with van der Waals surface area (Å²) < 4.78 is 33.4. The lowest BCUT2D eigenvalue weighted by Crippen LogP contribution is -2.36. The topological polar surface area (TPSA) is 74.8 Å². The molecule has 3 aromatic carbocycles. The smallest absolute Gasteiger partial charge is 0.137 e. The van der Waals surface area contributed by atoms with E-state index in [1.807, 2.05) is 48.5 Å². The number of aromatic nitrogens is 1. The molecule has 2 heterocycles. The molecule has 0 radical (unpaired) electrons. The van der Waals surface area contributed by atoms with Crippen LogP contribution in [0.5, 0.6) is 23.0 Å². The highest BCUT2D eigenvalue weighted by molar-refractivity contribution is 5.49. The Bertz CT molecular complexity index is 1410. The van der Waals surface area contributed by atoms with Crippen LogP contribution in [0, 0.1) is 0 Å². The Morgan fingerprint density at radius 2 is 1.34 bits per heavy atom. The number of pyridine rings is 1. The number of benzene rings is 3. The number of rotatable bonds is 16. The molecule has 4 aromatic rings. The largest absolute Gasteiger partial charge is 0.497 e. The van der Waals surface area contributed by atoms with Crippen LogP contribution >= 0.6 is 0 Å². The van der Waals surface area contributed by atoms with E-state index in [9.17, 15) is 0 Å². The highest BCUT2D eigenvalue weighted by Gasteiger charge is 2.14. The summed E-state index contributed by atoms with van der Waals surface area (Å²) in [7, 11) is 3.32. The molecule has 44 heavy (non-hydrogen) atoms. The van der Waals surface area contributed by atoms with Crippen LogP contribution in [0.4, 0.5) is 11.5 Å². The van der Waals surface area contributed by atoms with Crippen LogP contribution in [-0.2, 0) is 22.6 Å². The molecule has 0 amide bonds. The fourth-order valence-corrected chi connectivity index (χ4v) is 4.94. The molecule has 0 saturated carbocycles. The van der Waals surface area contributed by atoms with Crippen molar-refractivity contribution in [3.8, 4) is 23.0 Å². The van der Waals surface area contributed by atoms with Crippen LogP contribution in [-0.4, -0.2) is 71.9 Å². The lowest BCUT2D eigenvalue weighted by Gasteiger charge is -2.29. The third-order valence-corrected chi connectivity index (χ3v) is 7.27. The summed E-state index contributed by atoms with van der Waals surface area (Å²) in [4.78, 5) is 9.38. The number of nitrogens with zero attached hydrogens (tertiary/aromatic N) is 3. The Kier molecular flexibility index (Phi) is 11.5. The number of methoxy groups -OCH3 is 2. The summed E-state index contributed by atoms with van der Waals surface area (Å²) in [5.74, 6) is 3.91. The average Bonchev–Trinajstić information content (AvgIpc) is 3.09. The molecule has 0 spiro atoms. The zero-order valence-corrected chi connectivity index (χ0v) is 25.5. The van der Waals surface area contributed by atoms with Gasteiger partial charge in [-0.25, -0.2) is 4.98 Å². The highest BCUT2D eigenvalue weighted by atomic mass is 16.5. The summed E-state index contributed by atoms with van der Waals surface area (Å²) in [6.07, 6.45) is 1.77. The maximum atomic E-state index is 5.88. The summed E-state index contributed by atoms with van der Waals surface area (Å²) in [6.45, 7) is 6.56. The van der Waals surface area contributed by atoms with Gasteiger partial charge < -0.3 is 38.2 Å². The molecular weight excluding hydrogens is 558 g/mol. The van der Waals surface area contributed by atoms with Gasteiger partial charge in [0.25, 0.3) is 0 Å².